The average molecular weight is 291 g/mol. The topological polar surface area (TPSA) is 50.9 Å². The van der Waals surface area contributed by atoms with E-state index in [2.05, 4.69) is 28.2 Å². The van der Waals surface area contributed by atoms with Gasteiger partial charge in [0.2, 0.25) is 0 Å². The average Bonchev–Trinajstić information content (AvgIpc) is 2.93. The minimum atomic E-state index is 0.359. The van der Waals surface area contributed by atoms with Crippen LogP contribution >= 0.6 is 11.8 Å². The van der Waals surface area contributed by atoms with Gasteiger partial charge in [0, 0.05) is 34.9 Å². The number of hydrogen-bond donors (Lipinski definition) is 2. The normalized spacial score (nSPS) is 24.6. The number of hydrogen-bond acceptors (Lipinski definition) is 4. The molecule has 0 saturated heterocycles. The van der Waals surface area contributed by atoms with E-state index in [0.717, 1.165) is 17.4 Å². The second kappa shape index (κ2) is 6.92. The highest BCUT2D eigenvalue weighted by Crippen LogP contribution is 2.36. The molecule has 2 aliphatic carbocycles. The van der Waals surface area contributed by atoms with Crippen LogP contribution in [0.1, 0.15) is 55.7 Å². The van der Waals surface area contributed by atoms with Gasteiger partial charge in [0.05, 0.1) is 0 Å². The van der Waals surface area contributed by atoms with E-state index in [9.17, 15) is 0 Å². The van der Waals surface area contributed by atoms with Crippen LogP contribution in [0.2, 0.25) is 0 Å². The predicted molar refractivity (Wildman–Crippen MR) is 85.7 cm³/mol. The number of nitrogens with two attached hydrogens (primary N) is 1. The molecule has 0 aromatic carbocycles. The van der Waals surface area contributed by atoms with Crippen LogP contribution in [0, 0.1) is 0 Å². The van der Waals surface area contributed by atoms with Crippen LogP contribution in [0.5, 0.6) is 0 Å². The first-order valence-corrected chi connectivity index (χ1v) is 8.95. The summed E-state index contributed by atoms with van der Waals surface area (Å²) in [7, 11) is 0. The zero-order chi connectivity index (χ0) is 13.8. The largest absolute Gasteiger partial charge is 0.271 e. The molecule has 2 atom stereocenters. The number of aryl methyl sites for hydroxylation is 1. The molecule has 0 amide bonds. The Kier molecular flexibility index (Phi) is 4.97. The first-order chi connectivity index (χ1) is 9.88. The van der Waals surface area contributed by atoms with Crippen LogP contribution in [0.3, 0.4) is 0 Å². The number of nitrogens with one attached hydrogen (secondary N) is 1. The Morgan fingerprint density at radius 2 is 2.15 bits per heavy atom. The molecule has 0 aliphatic heterocycles. The summed E-state index contributed by atoms with van der Waals surface area (Å²) in [6, 6.07) is 4.62. The molecule has 3 rings (SSSR count). The van der Waals surface area contributed by atoms with Crippen molar-refractivity contribution in [2.45, 2.75) is 62.2 Å². The first kappa shape index (κ1) is 14.4. The highest BCUT2D eigenvalue weighted by molar-refractivity contribution is 7.99. The van der Waals surface area contributed by atoms with E-state index in [1.807, 2.05) is 12.3 Å². The Labute approximate surface area is 126 Å². The summed E-state index contributed by atoms with van der Waals surface area (Å²) < 4.78 is 0. The minimum Gasteiger partial charge on any atom is -0.271 e. The Morgan fingerprint density at radius 3 is 2.95 bits per heavy atom. The third kappa shape index (κ3) is 3.18. The SMILES string of the molecule is NNC(CSC1CCCCC1)C1CCc2cccnc21. The van der Waals surface area contributed by atoms with Crippen molar-refractivity contribution in [1.82, 2.24) is 10.4 Å². The lowest BCUT2D eigenvalue weighted by Gasteiger charge is -2.26. The van der Waals surface area contributed by atoms with Crippen molar-refractivity contribution >= 4 is 11.8 Å². The van der Waals surface area contributed by atoms with E-state index in [-0.39, 0.29) is 0 Å². The van der Waals surface area contributed by atoms with Crippen molar-refractivity contribution in [1.29, 1.82) is 0 Å². The van der Waals surface area contributed by atoms with Crippen molar-refractivity contribution in [3.8, 4) is 0 Å². The highest BCUT2D eigenvalue weighted by atomic mass is 32.2. The fourth-order valence-corrected chi connectivity index (χ4v) is 5.06. The Bertz CT molecular complexity index is 431. The molecular weight excluding hydrogens is 266 g/mol. The van der Waals surface area contributed by atoms with E-state index in [4.69, 9.17) is 5.84 Å². The van der Waals surface area contributed by atoms with E-state index >= 15 is 0 Å². The zero-order valence-electron chi connectivity index (χ0n) is 12.1. The lowest BCUT2D eigenvalue weighted by molar-refractivity contribution is 0.465. The smallest absolute Gasteiger partial charge is 0.0482 e. The van der Waals surface area contributed by atoms with Crippen LogP contribution < -0.4 is 11.3 Å². The van der Waals surface area contributed by atoms with Gasteiger partial charge < -0.3 is 0 Å². The number of rotatable bonds is 5. The molecule has 2 aliphatic rings. The highest BCUT2D eigenvalue weighted by Gasteiger charge is 2.31. The summed E-state index contributed by atoms with van der Waals surface area (Å²) in [5.74, 6) is 7.44. The maximum atomic E-state index is 5.83. The summed E-state index contributed by atoms with van der Waals surface area (Å²) in [6.07, 6.45) is 11.3. The summed E-state index contributed by atoms with van der Waals surface area (Å²) in [6.45, 7) is 0. The van der Waals surface area contributed by atoms with E-state index in [0.29, 0.717) is 12.0 Å². The molecule has 4 heteroatoms. The van der Waals surface area contributed by atoms with Crippen LogP contribution in [-0.4, -0.2) is 22.0 Å². The molecule has 20 heavy (non-hydrogen) atoms. The molecule has 0 spiro atoms. The lowest BCUT2D eigenvalue weighted by Crippen LogP contribution is -2.41. The summed E-state index contributed by atoms with van der Waals surface area (Å²) in [4.78, 5) is 4.60. The molecule has 0 radical (unpaired) electrons. The maximum absolute atomic E-state index is 5.83. The number of fused-ring (bicyclic) bond motifs is 1. The zero-order valence-corrected chi connectivity index (χ0v) is 12.9. The van der Waals surface area contributed by atoms with Crippen molar-refractivity contribution < 1.29 is 0 Å². The Morgan fingerprint density at radius 1 is 1.30 bits per heavy atom. The lowest BCUT2D eigenvalue weighted by atomic mass is 9.99. The van der Waals surface area contributed by atoms with Gasteiger partial charge >= 0.3 is 0 Å². The molecule has 0 bridgehead atoms. The molecule has 1 fully saturated rings. The summed E-state index contributed by atoms with van der Waals surface area (Å²) in [5.41, 5.74) is 5.76. The van der Waals surface area contributed by atoms with Crippen LogP contribution in [0.4, 0.5) is 0 Å². The number of aromatic nitrogens is 1. The number of hydrazine groups is 1. The molecule has 1 saturated carbocycles. The molecule has 1 heterocycles. The standard InChI is InChI=1S/C16H25N3S/c17-19-15(11-20-13-6-2-1-3-7-13)14-9-8-12-5-4-10-18-16(12)14/h4-5,10,13-15,19H,1-3,6-9,11,17H2. The molecule has 3 nitrogen and oxygen atoms in total. The maximum Gasteiger partial charge on any atom is 0.0482 e. The summed E-state index contributed by atoms with van der Waals surface area (Å²) in [5, 5.41) is 0.851. The van der Waals surface area contributed by atoms with Crippen LogP contribution in [0.25, 0.3) is 0 Å². The quantitative estimate of drug-likeness (QED) is 0.647. The van der Waals surface area contributed by atoms with Crippen molar-refractivity contribution in [3.05, 3.63) is 29.6 Å². The second-order valence-corrected chi connectivity index (χ2v) is 7.39. The van der Waals surface area contributed by atoms with Gasteiger partial charge in [-0.2, -0.15) is 11.8 Å². The molecule has 2 unspecified atom stereocenters. The minimum absolute atomic E-state index is 0.359. The van der Waals surface area contributed by atoms with Gasteiger partial charge in [-0.1, -0.05) is 25.3 Å². The molecular formula is C16H25N3S. The molecule has 1 aromatic rings. The number of thioether (sulfide) groups is 1. The van der Waals surface area contributed by atoms with Gasteiger partial charge in [-0.05, 0) is 37.3 Å². The second-order valence-electron chi connectivity index (χ2n) is 6.06. The van der Waals surface area contributed by atoms with Gasteiger partial charge in [0.25, 0.3) is 0 Å². The Hall–Kier alpha value is -0.580. The third-order valence-electron chi connectivity index (χ3n) is 4.77. The van der Waals surface area contributed by atoms with Gasteiger partial charge in [-0.3, -0.25) is 16.3 Å². The molecule has 3 N–H and O–H groups in total. The van der Waals surface area contributed by atoms with E-state index in [1.54, 1.807) is 0 Å². The van der Waals surface area contributed by atoms with Gasteiger partial charge in [-0.15, -0.1) is 0 Å². The van der Waals surface area contributed by atoms with E-state index < -0.39 is 0 Å². The Balaban J connectivity index is 1.59. The number of pyridine rings is 1. The monoisotopic (exact) mass is 291 g/mol. The molecule has 110 valence electrons. The summed E-state index contributed by atoms with van der Waals surface area (Å²) >= 11 is 2.12. The van der Waals surface area contributed by atoms with Crippen molar-refractivity contribution in [2.75, 3.05) is 5.75 Å². The number of nitrogens with zero attached hydrogens (tertiary/aromatic N) is 1. The van der Waals surface area contributed by atoms with Crippen LogP contribution in [0.15, 0.2) is 18.3 Å². The van der Waals surface area contributed by atoms with Gasteiger partial charge in [-0.25, -0.2) is 0 Å². The van der Waals surface area contributed by atoms with Gasteiger partial charge in [0.15, 0.2) is 0 Å². The fraction of sp³-hybridized carbons (Fsp3) is 0.688. The predicted octanol–water partition coefficient (Wildman–Crippen LogP) is 3.01. The van der Waals surface area contributed by atoms with Crippen molar-refractivity contribution in [3.63, 3.8) is 0 Å². The third-order valence-corrected chi connectivity index (χ3v) is 6.26. The van der Waals surface area contributed by atoms with Crippen molar-refractivity contribution in [2.24, 2.45) is 5.84 Å². The first-order valence-electron chi connectivity index (χ1n) is 7.90. The fourth-order valence-electron chi connectivity index (χ4n) is 3.59. The molecule has 1 aromatic heterocycles. The van der Waals surface area contributed by atoms with Crippen LogP contribution in [-0.2, 0) is 6.42 Å². The van der Waals surface area contributed by atoms with E-state index in [1.165, 1.54) is 49.8 Å². The van der Waals surface area contributed by atoms with Gasteiger partial charge in [0.1, 0.15) is 0 Å².